The monoisotopic (exact) mass is 622 g/mol. The van der Waals surface area contributed by atoms with Crippen molar-refractivity contribution >= 4 is 28.2 Å². The Morgan fingerprint density at radius 2 is 1.53 bits per heavy atom. The molecular weight excluding hydrogens is 600 g/mol. The van der Waals surface area contributed by atoms with Crippen molar-refractivity contribution in [2.75, 3.05) is 0 Å². The second-order valence-corrected chi connectivity index (χ2v) is 10.3. The van der Waals surface area contributed by atoms with E-state index in [1.807, 2.05) is 72.8 Å². The number of nitrogens with zero attached hydrogens (tertiary/aromatic N) is 4. The van der Waals surface area contributed by atoms with Gasteiger partial charge in [0.05, 0.1) is 6.20 Å². The molecule has 8 heteroatoms. The third-order valence-electron chi connectivity index (χ3n) is 7.06. The Labute approximate surface area is 231 Å². The summed E-state index contributed by atoms with van der Waals surface area (Å²) in [7, 11) is 0. The van der Waals surface area contributed by atoms with Gasteiger partial charge in [0.15, 0.2) is 5.69 Å². The minimum absolute atomic E-state index is 0.0236. The van der Waals surface area contributed by atoms with Gasteiger partial charge in [-0.15, -0.1) is 0 Å². The molecule has 0 saturated heterocycles. The zero-order valence-corrected chi connectivity index (χ0v) is 22.2. The van der Waals surface area contributed by atoms with E-state index in [4.69, 9.17) is 0 Å². The van der Waals surface area contributed by atoms with Gasteiger partial charge >= 0.3 is 6.18 Å². The molecule has 0 radical (unpaired) electrons. The van der Waals surface area contributed by atoms with Crippen molar-refractivity contribution in [2.45, 2.75) is 18.1 Å². The normalized spacial score (nSPS) is 15.8. The van der Waals surface area contributed by atoms with Crippen molar-refractivity contribution < 1.29 is 13.2 Å². The molecule has 6 rings (SSSR count). The molecule has 3 aromatic heterocycles. The lowest BCUT2D eigenvalue weighted by Crippen LogP contribution is -2.43. The predicted octanol–water partition coefficient (Wildman–Crippen LogP) is 7.75. The zero-order valence-electron chi connectivity index (χ0n) is 20.1. The van der Waals surface area contributed by atoms with Gasteiger partial charge in [0.25, 0.3) is 0 Å². The minimum Gasteiger partial charge on any atom is -0.294 e. The highest BCUT2D eigenvalue weighted by Crippen LogP contribution is 2.46. The van der Waals surface area contributed by atoms with Gasteiger partial charge in [-0.1, -0.05) is 85.0 Å². The summed E-state index contributed by atoms with van der Waals surface area (Å²) < 4.78 is 47.9. The van der Waals surface area contributed by atoms with E-state index in [-0.39, 0.29) is 11.5 Å². The van der Waals surface area contributed by atoms with E-state index in [1.165, 1.54) is 4.68 Å². The van der Waals surface area contributed by atoms with E-state index < -0.39 is 17.4 Å². The highest BCUT2D eigenvalue weighted by Gasteiger charge is 2.46. The van der Waals surface area contributed by atoms with Crippen molar-refractivity contribution in [3.05, 3.63) is 136 Å². The van der Waals surface area contributed by atoms with Crippen molar-refractivity contribution in [3.8, 4) is 11.1 Å². The minimum atomic E-state index is -4.65. The van der Waals surface area contributed by atoms with Crippen LogP contribution >= 0.6 is 22.6 Å². The van der Waals surface area contributed by atoms with E-state index in [0.29, 0.717) is 17.6 Å². The third kappa shape index (κ3) is 4.07. The average Bonchev–Trinajstić information content (AvgIpc) is 3.56. The first-order valence-electron chi connectivity index (χ1n) is 12.1. The Hall–Kier alpha value is -3.66. The lowest BCUT2D eigenvalue weighted by molar-refractivity contribution is -0.141. The highest BCUT2D eigenvalue weighted by atomic mass is 127. The Morgan fingerprint density at radius 3 is 2.13 bits per heavy atom. The molecular formula is C30H22F3IN4. The Bertz CT molecular complexity index is 1610. The molecule has 4 nitrogen and oxygen atoms in total. The lowest BCUT2D eigenvalue weighted by Gasteiger charge is -2.41. The first kappa shape index (κ1) is 24.7. The largest absolute Gasteiger partial charge is 0.435 e. The molecule has 1 aliphatic rings. The Morgan fingerprint density at radius 1 is 0.842 bits per heavy atom. The van der Waals surface area contributed by atoms with Crippen LogP contribution < -0.4 is 0 Å². The van der Waals surface area contributed by atoms with Gasteiger partial charge in [-0.25, -0.2) is 4.98 Å². The molecule has 1 unspecified atom stereocenters. The number of allylic oxidation sites excluding steroid dienone is 4. The number of alkyl halides is 3. The van der Waals surface area contributed by atoms with Gasteiger partial charge in [0.1, 0.15) is 14.9 Å². The molecule has 190 valence electrons. The maximum atomic E-state index is 14.6. The summed E-state index contributed by atoms with van der Waals surface area (Å²) in [6.45, 7) is 0. The molecule has 0 fully saturated rings. The third-order valence-corrected chi connectivity index (χ3v) is 7.86. The fraction of sp³-hybridized carbons (Fsp3) is 0.133. The molecule has 0 saturated carbocycles. The quantitative estimate of drug-likeness (QED) is 0.188. The maximum absolute atomic E-state index is 14.6. The smallest absolute Gasteiger partial charge is 0.294 e. The number of fused-ring (bicyclic) bond motifs is 1. The number of hydrogen-bond acceptors (Lipinski definition) is 2. The number of halogens is 4. The van der Waals surface area contributed by atoms with Gasteiger partial charge in [0.2, 0.25) is 0 Å². The van der Waals surface area contributed by atoms with Crippen LogP contribution in [0.1, 0.15) is 23.2 Å². The fourth-order valence-corrected chi connectivity index (χ4v) is 5.92. The summed E-state index contributed by atoms with van der Waals surface area (Å²) in [4.78, 5) is 4.31. The van der Waals surface area contributed by atoms with Crippen LogP contribution in [0.25, 0.3) is 16.8 Å². The number of pyridine rings is 1. The summed E-state index contributed by atoms with van der Waals surface area (Å²) in [5.74, 6) is -0.178. The Balaban J connectivity index is 1.67. The second kappa shape index (κ2) is 9.58. The molecule has 0 spiro atoms. The van der Waals surface area contributed by atoms with Crippen molar-refractivity contribution in [3.63, 3.8) is 0 Å². The summed E-state index contributed by atoms with van der Waals surface area (Å²) in [6.07, 6.45) is 8.97. The highest BCUT2D eigenvalue weighted by molar-refractivity contribution is 14.1. The number of imidazole rings is 1. The van der Waals surface area contributed by atoms with E-state index in [1.54, 1.807) is 35.1 Å². The fourth-order valence-electron chi connectivity index (χ4n) is 5.39. The van der Waals surface area contributed by atoms with Crippen molar-refractivity contribution in [2.24, 2.45) is 5.92 Å². The van der Waals surface area contributed by atoms with E-state index in [2.05, 4.69) is 44.8 Å². The molecule has 3 heterocycles. The number of hydrogen-bond donors (Lipinski definition) is 0. The summed E-state index contributed by atoms with van der Waals surface area (Å²) in [5, 5.41) is 4.36. The lowest BCUT2D eigenvalue weighted by atomic mass is 9.70. The van der Waals surface area contributed by atoms with Crippen LogP contribution in [0.3, 0.4) is 0 Å². The van der Waals surface area contributed by atoms with Gasteiger partial charge in [0, 0.05) is 29.4 Å². The molecule has 1 atom stereocenters. The second-order valence-electron chi connectivity index (χ2n) is 9.21. The first-order valence-corrected chi connectivity index (χ1v) is 13.2. The molecule has 38 heavy (non-hydrogen) atoms. The molecule has 0 amide bonds. The first-order chi connectivity index (χ1) is 18.4. The predicted molar refractivity (Wildman–Crippen MR) is 150 cm³/mol. The van der Waals surface area contributed by atoms with E-state index in [0.717, 1.165) is 14.8 Å². The zero-order chi connectivity index (χ0) is 26.3. The molecule has 2 aromatic carbocycles. The average molecular weight is 622 g/mol. The van der Waals surface area contributed by atoms with Crippen molar-refractivity contribution in [1.29, 1.82) is 0 Å². The van der Waals surface area contributed by atoms with Gasteiger partial charge in [-0.2, -0.15) is 18.3 Å². The number of benzene rings is 2. The standard InChI is InChI=1S/C30H22F3IN4/c31-30(32,33)28-25(21-16-17-27-35-18-26(34)37(27)19-21)20-38(36-28)29(22-10-4-1-5-11-22,23-12-6-2-7-13-23)24-14-8-3-9-15-24/h1-14,16-20,24H,15H2. The molecule has 5 aromatic rings. The molecule has 1 aliphatic carbocycles. The van der Waals surface area contributed by atoms with Crippen LogP contribution in [0.5, 0.6) is 0 Å². The SMILES string of the molecule is FC(F)(F)c1nn(C(c2ccccc2)(c2ccccc2)C2C=CC=CC2)cc1-c1ccc2ncc(I)n2c1. The van der Waals surface area contributed by atoms with Crippen LogP contribution in [0.2, 0.25) is 0 Å². The van der Waals surface area contributed by atoms with Crippen LogP contribution in [0.4, 0.5) is 13.2 Å². The van der Waals surface area contributed by atoms with Gasteiger partial charge in [-0.05, 0) is 52.3 Å². The topological polar surface area (TPSA) is 35.1 Å². The number of aromatic nitrogens is 4. The van der Waals surface area contributed by atoms with Crippen LogP contribution in [-0.4, -0.2) is 19.2 Å². The van der Waals surface area contributed by atoms with Crippen molar-refractivity contribution in [1.82, 2.24) is 19.2 Å². The van der Waals surface area contributed by atoms with Crippen LogP contribution in [-0.2, 0) is 11.7 Å². The summed E-state index contributed by atoms with van der Waals surface area (Å²) in [6, 6.07) is 22.7. The molecule has 0 aliphatic heterocycles. The number of rotatable bonds is 5. The van der Waals surface area contributed by atoms with Crippen LogP contribution in [0, 0.1) is 9.62 Å². The van der Waals surface area contributed by atoms with Crippen LogP contribution in [0.15, 0.2) is 116 Å². The Kier molecular flexibility index (Phi) is 6.22. The maximum Gasteiger partial charge on any atom is 0.435 e. The molecule has 0 bridgehead atoms. The summed E-state index contributed by atoms with van der Waals surface area (Å²) >= 11 is 2.12. The van der Waals surface area contributed by atoms with Gasteiger partial charge < -0.3 is 0 Å². The van der Waals surface area contributed by atoms with E-state index >= 15 is 0 Å². The molecule has 0 N–H and O–H groups in total. The van der Waals surface area contributed by atoms with E-state index in [9.17, 15) is 13.2 Å². The summed E-state index contributed by atoms with van der Waals surface area (Å²) in [5.41, 5.74) is 0.892. The van der Waals surface area contributed by atoms with Gasteiger partial charge in [-0.3, -0.25) is 9.08 Å².